The molecule has 0 saturated carbocycles. The average molecular weight is 636 g/mol. The molecule has 1 saturated heterocycles. The summed E-state index contributed by atoms with van der Waals surface area (Å²) in [5.41, 5.74) is 2.70. The minimum absolute atomic E-state index is 0.0511. The molecule has 9 heteroatoms. The second-order valence-corrected chi connectivity index (χ2v) is 11.8. The van der Waals surface area contributed by atoms with Crippen LogP contribution in [0.5, 0.6) is 0 Å². The van der Waals surface area contributed by atoms with Crippen molar-refractivity contribution < 1.29 is 27.9 Å². The molecule has 0 aromatic heterocycles. The van der Waals surface area contributed by atoms with Crippen molar-refractivity contribution in [3.63, 3.8) is 0 Å². The van der Waals surface area contributed by atoms with Crippen molar-refractivity contribution >= 4 is 17.9 Å². The Labute approximate surface area is 270 Å². The first-order valence-corrected chi connectivity index (χ1v) is 16.1. The van der Waals surface area contributed by atoms with E-state index in [0.717, 1.165) is 48.9 Å². The number of aliphatic hydroxyl groups excluding tert-OH is 1. The van der Waals surface area contributed by atoms with E-state index in [-0.39, 0.29) is 19.1 Å². The average Bonchev–Trinajstić information content (AvgIpc) is 3.06. The highest BCUT2D eigenvalue weighted by Crippen LogP contribution is 2.29. The molecule has 1 N–H and O–H groups in total. The number of rotatable bonds is 14. The molecule has 3 aromatic rings. The minimum atomic E-state index is -4.45. The monoisotopic (exact) mass is 635 g/mol. The molecule has 0 unspecified atom stereocenters. The van der Waals surface area contributed by atoms with Crippen LogP contribution in [-0.2, 0) is 35.2 Å². The van der Waals surface area contributed by atoms with E-state index >= 15 is 0 Å². The van der Waals surface area contributed by atoms with Crippen LogP contribution in [0.15, 0.2) is 84.9 Å². The molecule has 2 amide bonds. The second kappa shape index (κ2) is 17.1. The fourth-order valence-corrected chi connectivity index (χ4v) is 5.69. The van der Waals surface area contributed by atoms with Crippen LogP contribution >= 0.6 is 0 Å². The topological polar surface area (TPSA) is 64.1 Å². The van der Waals surface area contributed by atoms with Gasteiger partial charge < -0.3 is 14.9 Å². The third-order valence-electron chi connectivity index (χ3n) is 8.42. The first-order valence-electron chi connectivity index (χ1n) is 16.1. The summed E-state index contributed by atoms with van der Waals surface area (Å²) < 4.78 is 39.2. The molecule has 0 radical (unpaired) electrons. The first kappa shape index (κ1) is 34.9. The van der Waals surface area contributed by atoms with Gasteiger partial charge in [0.15, 0.2) is 0 Å². The molecule has 46 heavy (non-hydrogen) atoms. The summed E-state index contributed by atoms with van der Waals surface area (Å²) in [7, 11) is 0. The van der Waals surface area contributed by atoms with Crippen molar-refractivity contribution in [2.45, 2.75) is 57.8 Å². The van der Waals surface area contributed by atoms with Gasteiger partial charge in [-0.15, -0.1) is 0 Å². The van der Waals surface area contributed by atoms with Crippen LogP contribution in [0.25, 0.3) is 6.08 Å². The molecule has 1 atom stereocenters. The first-order chi connectivity index (χ1) is 22.2. The van der Waals surface area contributed by atoms with Crippen molar-refractivity contribution in [3.05, 3.63) is 113 Å². The number of unbranched alkanes of at least 4 members (excludes halogenated alkanes) is 2. The van der Waals surface area contributed by atoms with Gasteiger partial charge in [0.2, 0.25) is 11.8 Å². The minimum Gasteiger partial charge on any atom is -0.395 e. The molecule has 1 aliphatic rings. The third-order valence-corrected chi connectivity index (χ3v) is 8.42. The number of hydrogen-bond donors (Lipinski definition) is 1. The largest absolute Gasteiger partial charge is 0.416 e. The molecule has 1 heterocycles. The van der Waals surface area contributed by atoms with Crippen molar-refractivity contribution in [2.24, 2.45) is 0 Å². The molecular formula is C37H44F3N3O3. The van der Waals surface area contributed by atoms with Crippen molar-refractivity contribution in [1.29, 1.82) is 0 Å². The van der Waals surface area contributed by atoms with Gasteiger partial charge in [-0.05, 0) is 53.3 Å². The Kier molecular flexibility index (Phi) is 13.0. The Bertz CT molecular complexity index is 1400. The quantitative estimate of drug-likeness (QED) is 0.169. The van der Waals surface area contributed by atoms with Gasteiger partial charge in [0, 0.05) is 51.8 Å². The van der Waals surface area contributed by atoms with E-state index in [1.807, 2.05) is 42.5 Å². The van der Waals surface area contributed by atoms with Crippen molar-refractivity contribution in [3.8, 4) is 0 Å². The Balaban J connectivity index is 1.63. The summed E-state index contributed by atoms with van der Waals surface area (Å²) in [5, 5.41) is 9.35. The summed E-state index contributed by atoms with van der Waals surface area (Å²) in [4.78, 5) is 33.7. The summed E-state index contributed by atoms with van der Waals surface area (Å²) in [6.45, 7) is 5.19. The predicted molar refractivity (Wildman–Crippen MR) is 175 cm³/mol. The van der Waals surface area contributed by atoms with E-state index in [0.29, 0.717) is 44.7 Å². The van der Waals surface area contributed by atoms with Crippen LogP contribution in [0.2, 0.25) is 0 Å². The zero-order valence-electron chi connectivity index (χ0n) is 26.5. The summed E-state index contributed by atoms with van der Waals surface area (Å²) in [6.07, 6.45) is 3.07. The van der Waals surface area contributed by atoms with Gasteiger partial charge in [-0.25, -0.2) is 0 Å². The maximum atomic E-state index is 14.2. The molecule has 0 spiro atoms. The number of alkyl halides is 3. The number of carbonyl (C=O) groups excluding carboxylic acids is 2. The molecule has 1 fully saturated rings. The summed E-state index contributed by atoms with van der Waals surface area (Å²) in [6, 6.07) is 21.5. The van der Waals surface area contributed by atoms with Gasteiger partial charge in [0.1, 0.15) is 6.04 Å². The number of carbonyl (C=O) groups is 2. The molecule has 4 rings (SSSR count). The highest BCUT2D eigenvalue weighted by atomic mass is 19.4. The number of β-amino-alcohol motifs (C(OH)–C–C–N with tert-alkyl or cyclic N) is 1. The smallest absolute Gasteiger partial charge is 0.395 e. The van der Waals surface area contributed by atoms with Crippen LogP contribution in [0.1, 0.15) is 54.0 Å². The van der Waals surface area contributed by atoms with Crippen LogP contribution in [0.3, 0.4) is 0 Å². The molecule has 246 valence electrons. The Morgan fingerprint density at radius 2 is 1.52 bits per heavy atom. The maximum absolute atomic E-state index is 14.2. The van der Waals surface area contributed by atoms with E-state index in [9.17, 15) is 27.9 Å². The van der Waals surface area contributed by atoms with Crippen molar-refractivity contribution in [2.75, 3.05) is 39.3 Å². The van der Waals surface area contributed by atoms with Gasteiger partial charge in [-0.3, -0.25) is 14.5 Å². The molecule has 6 nitrogen and oxygen atoms in total. The van der Waals surface area contributed by atoms with E-state index in [1.54, 1.807) is 9.80 Å². The number of benzene rings is 3. The van der Waals surface area contributed by atoms with Crippen molar-refractivity contribution in [1.82, 2.24) is 14.7 Å². The van der Waals surface area contributed by atoms with Gasteiger partial charge in [-0.2, -0.15) is 13.2 Å². The summed E-state index contributed by atoms with van der Waals surface area (Å²) in [5.74, 6) is -0.555. The highest BCUT2D eigenvalue weighted by Gasteiger charge is 2.34. The lowest BCUT2D eigenvalue weighted by atomic mass is 10.0. The van der Waals surface area contributed by atoms with Gasteiger partial charge in [0.25, 0.3) is 0 Å². The van der Waals surface area contributed by atoms with Crippen LogP contribution in [0.4, 0.5) is 13.2 Å². The van der Waals surface area contributed by atoms with E-state index < -0.39 is 23.7 Å². The number of piperazine rings is 1. The number of halogens is 3. The SMILES string of the molecule is CCCCCc1ccc(CN(C(=O)C=Cc2ccc(C(F)(F)F)cc2)[C@@H](Cc2ccccc2)C(=O)N2CCN(CCO)CC2)cc1. The zero-order chi connectivity index (χ0) is 32.9. The van der Waals surface area contributed by atoms with Crippen LogP contribution < -0.4 is 0 Å². The number of amides is 2. The Morgan fingerprint density at radius 1 is 0.870 bits per heavy atom. The summed E-state index contributed by atoms with van der Waals surface area (Å²) >= 11 is 0. The lowest BCUT2D eigenvalue weighted by Gasteiger charge is -2.39. The van der Waals surface area contributed by atoms with E-state index in [4.69, 9.17) is 0 Å². The third kappa shape index (κ3) is 10.3. The zero-order valence-corrected chi connectivity index (χ0v) is 26.5. The lowest BCUT2D eigenvalue weighted by Crippen LogP contribution is -2.56. The number of aliphatic hydroxyl groups is 1. The molecule has 3 aromatic carbocycles. The normalized spacial score (nSPS) is 14.8. The van der Waals surface area contributed by atoms with Gasteiger partial charge in [0.05, 0.1) is 12.2 Å². The van der Waals surface area contributed by atoms with Crippen LogP contribution in [0, 0.1) is 0 Å². The van der Waals surface area contributed by atoms with E-state index in [2.05, 4.69) is 24.0 Å². The molecular weight excluding hydrogens is 591 g/mol. The second-order valence-electron chi connectivity index (χ2n) is 11.8. The fraction of sp³-hybridized carbons (Fsp3) is 0.405. The number of hydrogen-bond acceptors (Lipinski definition) is 4. The molecule has 0 aliphatic carbocycles. The lowest BCUT2D eigenvalue weighted by molar-refractivity contribution is -0.145. The van der Waals surface area contributed by atoms with E-state index in [1.165, 1.54) is 29.8 Å². The van der Waals surface area contributed by atoms with Gasteiger partial charge in [-0.1, -0.05) is 86.5 Å². The van der Waals surface area contributed by atoms with Crippen LogP contribution in [-0.4, -0.2) is 77.0 Å². The number of nitrogens with zero attached hydrogens (tertiary/aromatic N) is 3. The fourth-order valence-electron chi connectivity index (χ4n) is 5.69. The Hall–Kier alpha value is -3.95. The highest BCUT2D eigenvalue weighted by molar-refractivity contribution is 5.95. The predicted octanol–water partition coefficient (Wildman–Crippen LogP) is 6.23. The maximum Gasteiger partial charge on any atom is 0.416 e. The molecule has 0 bridgehead atoms. The standard InChI is InChI=1S/C37H44F3N3O3/c1-2-3-5-8-29-11-13-32(14-12-29)28-43(35(45)20-17-30-15-18-33(19-16-30)37(38,39)40)34(27-31-9-6-4-7-10-31)36(46)42-23-21-41(22-24-42)25-26-44/h4,6-7,9-20,34,44H,2-3,5,8,21-28H2,1H3/t34-/m0/s1. The number of aryl methyl sites for hydroxylation is 1. The molecule has 1 aliphatic heterocycles. The Morgan fingerprint density at radius 3 is 2.13 bits per heavy atom. The van der Waals surface area contributed by atoms with Gasteiger partial charge >= 0.3 is 6.18 Å².